The monoisotopic (exact) mass is 335 g/mol. The molecule has 2 aliphatic heterocycles. The second-order valence-electron chi connectivity index (χ2n) is 5.60. The quantitative estimate of drug-likeness (QED) is 0.852. The molecule has 0 saturated heterocycles. The van der Waals surface area contributed by atoms with Gasteiger partial charge in [0.15, 0.2) is 5.17 Å². The van der Waals surface area contributed by atoms with Gasteiger partial charge in [-0.05, 0) is 41.3 Å². The van der Waals surface area contributed by atoms with E-state index in [4.69, 9.17) is 15.5 Å². The summed E-state index contributed by atoms with van der Waals surface area (Å²) in [6.45, 7) is 0. The van der Waals surface area contributed by atoms with Crippen molar-refractivity contribution in [1.29, 1.82) is 0 Å². The largest absolute Gasteiger partial charge is 0.497 e. The molecule has 5 heteroatoms. The maximum atomic E-state index is 5.80. The van der Waals surface area contributed by atoms with E-state index in [1.807, 2.05) is 36.4 Å². The third kappa shape index (κ3) is 2.67. The van der Waals surface area contributed by atoms with Gasteiger partial charge in [0.25, 0.3) is 0 Å². The fourth-order valence-corrected chi connectivity index (χ4v) is 3.58. The van der Waals surface area contributed by atoms with E-state index < -0.39 is 0 Å². The minimum absolute atomic E-state index is 0.113. The predicted octanol–water partition coefficient (Wildman–Crippen LogP) is 4.25. The van der Waals surface area contributed by atoms with Gasteiger partial charge in [0.1, 0.15) is 5.75 Å². The topological polar surface area (TPSA) is 50.9 Å². The molecular weight excluding hydrogens is 318 g/mol. The van der Waals surface area contributed by atoms with Gasteiger partial charge in [-0.25, -0.2) is 4.99 Å². The first-order chi connectivity index (χ1) is 11.7. The summed E-state index contributed by atoms with van der Waals surface area (Å²) in [5.41, 5.74) is 9.80. The van der Waals surface area contributed by atoms with Crippen LogP contribution in [-0.4, -0.2) is 17.2 Å². The van der Waals surface area contributed by atoms with Crippen LogP contribution in [0, 0.1) is 0 Å². The molecule has 0 amide bonds. The van der Waals surface area contributed by atoms with Crippen LogP contribution < -0.4 is 10.5 Å². The zero-order chi connectivity index (χ0) is 16.5. The normalized spacial score (nSPS) is 18.9. The minimum atomic E-state index is 0.113. The Kier molecular flexibility index (Phi) is 3.78. The number of hydrogen-bond donors (Lipinski definition) is 1. The molecule has 0 fully saturated rings. The molecule has 4 rings (SSSR count). The number of nitrogen functional groups attached to an aromatic ring is 1. The first kappa shape index (κ1) is 14.9. The number of rotatable bonds is 3. The van der Waals surface area contributed by atoms with Crippen molar-refractivity contribution in [2.75, 3.05) is 12.8 Å². The third-order valence-corrected chi connectivity index (χ3v) is 4.88. The van der Waals surface area contributed by atoms with Crippen molar-refractivity contribution in [3.63, 3.8) is 0 Å². The molecular formula is C19H17N3OS. The number of aliphatic imine (C=N–C) groups is 1. The summed E-state index contributed by atoms with van der Waals surface area (Å²) in [7, 11) is 1.68. The van der Waals surface area contributed by atoms with Gasteiger partial charge in [0.05, 0.1) is 18.8 Å². The zero-order valence-corrected chi connectivity index (χ0v) is 14.0. The molecule has 2 aromatic rings. The number of ether oxygens (including phenoxy) is 1. The van der Waals surface area contributed by atoms with Crippen LogP contribution in [0.4, 0.5) is 5.69 Å². The fourth-order valence-electron chi connectivity index (χ4n) is 2.82. The predicted molar refractivity (Wildman–Crippen MR) is 101 cm³/mol. The molecule has 0 aromatic heterocycles. The molecule has 1 atom stereocenters. The Morgan fingerprint density at radius 3 is 2.54 bits per heavy atom. The summed E-state index contributed by atoms with van der Waals surface area (Å²) in [5.74, 6) is 0.859. The number of hydrogen-bond acceptors (Lipinski definition) is 5. The molecule has 0 radical (unpaired) electrons. The lowest BCUT2D eigenvalue weighted by Gasteiger charge is -2.30. The Labute approximate surface area is 145 Å². The van der Waals surface area contributed by atoms with Crippen LogP contribution in [0.2, 0.25) is 0 Å². The molecule has 24 heavy (non-hydrogen) atoms. The molecule has 2 heterocycles. The van der Waals surface area contributed by atoms with Crippen molar-refractivity contribution < 1.29 is 4.74 Å². The molecule has 120 valence electrons. The van der Waals surface area contributed by atoms with E-state index in [-0.39, 0.29) is 6.04 Å². The van der Waals surface area contributed by atoms with Gasteiger partial charge in [-0.2, -0.15) is 0 Å². The number of anilines is 1. The van der Waals surface area contributed by atoms with E-state index in [1.54, 1.807) is 18.9 Å². The lowest BCUT2D eigenvalue weighted by Crippen LogP contribution is -2.27. The van der Waals surface area contributed by atoms with Crippen molar-refractivity contribution in [1.82, 2.24) is 4.90 Å². The summed E-state index contributed by atoms with van der Waals surface area (Å²) in [4.78, 5) is 6.98. The van der Waals surface area contributed by atoms with Crippen molar-refractivity contribution in [3.05, 3.63) is 77.3 Å². The molecule has 4 nitrogen and oxygen atoms in total. The minimum Gasteiger partial charge on any atom is -0.497 e. The van der Waals surface area contributed by atoms with E-state index in [9.17, 15) is 0 Å². The average Bonchev–Trinajstić information content (AvgIpc) is 3.10. The number of benzene rings is 2. The standard InChI is InChI=1S/C19H17N3OS/c1-23-16-8-4-14(5-9-16)18-12-17(13-2-6-15(20)7-3-13)21-19-22(18)10-11-24-19/h2-12,18H,20H2,1H3. The van der Waals surface area contributed by atoms with Crippen molar-refractivity contribution >= 4 is 28.3 Å². The highest BCUT2D eigenvalue weighted by molar-refractivity contribution is 8.16. The molecule has 2 aromatic carbocycles. The number of amidine groups is 1. The number of nitrogens with zero attached hydrogens (tertiary/aromatic N) is 2. The van der Waals surface area contributed by atoms with Crippen LogP contribution in [0.1, 0.15) is 17.2 Å². The van der Waals surface area contributed by atoms with Crippen LogP contribution in [0.25, 0.3) is 5.70 Å². The number of thioether (sulfide) groups is 1. The van der Waals surface area contributed by atoms with Gasteiger partial charge in [-0.1, -0.05) is 36.0 Å². The van der Waals surface area contributed by atoms with Gasteiger partial charge in [0.2, 0.25) is 0 Å². The smallest absolute Gasteiger partial charge is 0.173 e. The van der Waals surface area contributed by atoms with Crippen molar-refractivity contribution in [3.8, 4) is 5.75 Å². The van der Waals surface area contributed by atoms with Crippen LogP contribution in [0.15, 0.2) is 71.2 Å². The molecule has 0 saturated carbocycles. The second kappa shape index (κ2) is 6.09. The van der Waals surface area contributed by atoms with Crippen molar-refractivity contribution in [2.24, 2.45) is 4.99 Å². The first-order valence-electron chi connectivity index (χ1n) is 7.66. The zero-order valence-electron chi connectivity index (χ0n) is 13.2. The molecule has 2 aliphatic rings. The van der Waals surface area contributed by atoms with Gasteiger partial charge in [-0.3, -0.25) is 0 Å². The fraction of sp³-hybridized carbons (Fsp3) is 0.105. The average molecular weight is 335 g/mol. The second-order valence-corrected chi connectivity index (χ2v) is 6.47. The van der Waals surface area contributed by atoms with Crippen LogP contribution in [-0.2, 0) is 0 Å². The summed E-state index contributed by atoms with van der Waals surface area (Å²) in [5, 5.41) is 3.06. The molecule has 0 aliphatic carbocycles. The van der Waals surface area contributed by atoms with Gasteiger partial charge in [-0.15, -0.1) is 0 Å². The van der Waals surface area contributed by atoms with Crippen molar-refractivity contribution in [2.45, 2.75) is 6.04 Å². The van der Waals surface area contributed by atoms with E-state index in [1.165, 1.54) is 5.56 Å². The Morgan fingerprint density at radius 1 is 1.08 bits per heavy atom. The Morgan fingerprint density at radius 2 is 1.83 bits per heavy atom. The van der Waals surface area contributed by atoms with E-state index in [0.29, 0.717) is 0 Å². The summed E-state index contributed by atoms with van der Waals surface area (Å²) < 4.78 is 5.26. The molecule has 2 N–H and O–H groups in total. The highest BCUT2D eigenvalue weighted by Gasteiger charge is 2.28. The van der Waals surface area contributed by atoms with E-state index in [2.05, 4.69) is 34.7 Å². The van der Waals surface area contributed by atoms with Gasteiger partial charge >= 0.3 is 0 Å². The van der Waals surface area contributed by atoms with E-state index >= 15 is 0 Å². The molecule has 0 bridgehead atoms. The number of nitrogens with two attached hydrogens (primary N) is 1. The maximum Gasteiger partial charge on any atom is 0.173 e. The molecule has 1 unspecified atom stereocenters. The Balaban J connectivity index is 1.74. The number of methoxy groups -OCH3 is 1. The van der Waals surface area contributed by atoms with E-state index in [0.717, 1.165) is 27.9 Å². The van der Waals surface area contributed by atoms with Crippen LogP contribution in [0.5, 0.6) is 5.75 Å². The highest BCUT2D eigenvalue weighted by Crippen LogP contribution is 2.38. The lowest BCUT2D eigenvalue weighted by molar-refractivity contribution is 0.414. The SMILES string of the molecule is COc1ccc(C2C=C(c3ccc(N)cc3)N=C3SC=CN32)cc1. The maximum absolute atomic E-state index is 5.80. The Bertz CT molecular complexity index is 838. The number of fused-ring (bicyclic) bond motifs is 1. The summed E-state index contributed by atoms with van der Waals surface area (Å²) >= 11 is 1.64. The first-order valence-corrected chi connectivity index (χ1v) is 8.54. The Hall–Kier alpha value is -2.66. The van der Waals surface area contributed by atoms with Crippen LogP contribution in [0.3, 0.4) is 0 Å². The van der Waals surface area contributed by atoms with Gasteiger partial charge in [0, 0.05) is 17.5 Å². The third-order valence-electron chi connectivity index (χ3n) is 4.11. The van der Waals surface area contributed by atoms with Crippen LogP contribution >= 0.6 is 11.8 Å². The molecule has 0 spiro atoms. The summed E-state index contributed by atoms with van der Waals surface area (Å²) in [6.07, 6.45) is 4.27. The van der Waals surface area contributed by atoms with Gasteiger partial charge < -0.3 is 15.4 Å². The lowest BCUT2D eigenvalue weighted by atomic mass is 10.0. The summed E-state index contributed by atoms with van der Waals surface area (Å²) in [6, 6.07) is 16.1. The highest BCUT2D eigenvalue weighted by atomic mass is 32.2.